The summed E-state index contributed by atoms with van der Waals surface area (Å²) in [7, 11) is 3.07. The van der Waals surface area contributed by atoms with Gasteiger partial charge in [0, 0.05) is 16.0 Å². The third kappa shape index (κ3) is 6.27. The number of rotatable bonds is 8. The summed E-state index contributed by atoms with van der Waals surface area (Å²) in [4.78, 5) is 16.9. The van der Waals surface area contributed by atoms with Crippen LogP contribution >= 0.6 is 22.9 Å². The van der Waals surface area contributed by atoms with E-state index in [9.17, 15) is 18.0 Å². The molecule has 1 amide bonds. The fourth-order valence-corrected chi connectivity index (χ4v) is 3.72. The van der Waals surface area contributed by atoms with E-state index < -0.39 is 18.7 Å². The number of ether oxygens (including phenoxy) is 3. The molecule has 3 rings (SSSR count). The van der Waals surface area contributed by atoms with Gasteiger partial charge in [-0.05, 0) is 36.4 Å². The minimum Gasteiger partial charge on any atom is -0.493 e. The van der Waals surface area contributed by atoms with Crippen LogP contribution in [0.4, 0.5) is 18.9 Å². The van der Waals surface area contributed by atoms with Crippen LogP contribution < -0.4 is 19.5 Å². The standard InChI is InChI=1S/C21H18ClF3N2O4S/c1-29-17-5-3-12(7-18(17)30-2)20-26-14(10-32-20)9-19(28)27-15-8-13(22)4-6-16(15)31-11-21(23,24)25/h3-8,10H,9,11H2,1-2H3,(H,27,28). The predicted molar refractivity (Wildman–Crippen MR) is 116 cm³/mol. The molecule has 1 aromatic heterocycles. The first-order chi connectivity index (χ1) is 15.2. The van der Waals surface area contributed by atoms with Crippen LogP contribution in [-0.2, 0) is 11.2 Å². The molecule has 0 fully saturated rings. The molecular weight excluding hydrogens is 469 g/mol. The molecule has 0 spiro atoms. The van der Waals surface area contributed by atoms with Crippen molar-refractivity contribution in [3.63, 3.8) is 0 Å². The Hall–Kier alpha value is -2.98. The zero-order valence-electron chi connectivity index (χ0n) is 17.0. The van der Waals surface area contributed by atoms with E-state index in [2.05, 4.69) is 10.3 Å². The summed E-state index contributed by atoms with van der Waals surface area (Å²) in [5.74, 6) is 0.516. The quantitative estimate of drug-likeness (QED) is 0.448. The lowest BCUT2D eigenvalue weighted by atomic mass is 10.2. The molecule has 0 bridgehead atoms. The first-order valence-corrected chi connectivity index (χ1v) is 10.4. The van der Waals surface area contributed by atoms with Gasteiger partial charge < -0.3 is 19.5 Å². The summed E-state index contributed by atoms with van der Waals surface area (Å²) < 4.78 is 52.7. The van der Waals surface area contributed by atoms with Gasteiger partial charge in [0.15, 0.2) is 18.1 Å². The van der Waals surface area contributed by atoms with Gasteiger partial charge in [-0.15, -0.1) is 11.3 Å². The summed E-state index contributed by atoms with van der Waals surface area (Å²) in [5, 5.41) is 5.17. The molecule has 0 unspecified atom stereocenters. The van der Waals surface area contributed by atoms with Crippen molar-refractivity contribution in [3.05, 3.63) is 52.5 Å². The van der Waals surface area contributed by atoms with Gasteiger partial charge in [-0.1, -0.05) is 11.6 Å². The average Bonchev–Trinajstić information content (AvgIpc) is 3.20. The van der Waals surface area contributed by atoms with Crippen molar-refractivity contribution in [1.29, 1.82) is 0 Å². The Labute approximate surface area is 190 Å². The molecule has 0 saturated heterocycles. The molecule has 0 saturated carbocycles. The molecule has 3 aromatic rings. The highest BCUT2D eigenvalue weighted by atomic mass is 35.5. The molecule has 11 heteroatoms. The van der Waals surface area contributed by atoms with Crippen LogP contribution in [0.2, 0.25) is 5.02 Å². The number of nitrogens with one attached hydrogen (secondary N) is 1. The van der Waals surface area contributed by atoms with E-state index in [4.69, 9.17) is 25.8 Å². The van der Waals surface area contributed by atoms with Gasteiger partial charge in [-0.2, -0.15) is 13.2 Å². The maximum absolute atomic E-state index is 12.5. The number of benzene rings is 2. The highest BCUT2D eigenvalue weighted by molar-refractivity contribution is 7.13. The van der Waals surface area contributed by atoms with Gasteiger partial charge in [0.1, 0.15) is 10.8 Å². The minimum atomic E-state index is -4.51. The van der Waals surface area contributed by atoms with Crippen LogP contribution in [0.1, 0.15) is 5.69 Å². The van der Waals surface area contributed by atoms with Gasteiger partial charge in [0.2, 0.25) is 5.91 Å². The lowest BCUT2D eigenvalue weighted by molar-refractivity contribution is -0.153. The Morgan fingerprint density at radius 3 is 2.50 bits per heavy atom. The van der Waals surface area contributed by atoms with Crippen molar-refractivity contribution >= 4 is 34.5 Å². The molecule has 0 radical (unpaired) electrons. The zero-order chi connectivity index (χ0) is 23.3. The van der Waals surface area contributed by atoms with Crippen molar-refractivity contribution < 1.29 is 32.2 Å². The molecular formula is C21H18ClF3N2O4S. The molecule has 32 heavy (non-hydrogen) atoms. The lowest BCUT2D eigenvalue weighted by Crippen LogP contribution is -2.21. The van der Waals surface area contributed by atoms with Crippen LogP contribution in [0.3, 0.4) is 0 Å². The molecule has 0 aliphatic rings. The van der Waals surface area contributed by atoms with Crippen molar-refractivity contribution in [2.45, 2.75) is 12.6 Å². The van der Waals surface area contributed by atoms with Crippen molar-refractivity contribution in [2.75, 3.05) is 26.1 Å². The highest BCUT2D eigenvalue weighted by Crippen LogP contribution is 2.34. The van der Waals surface area contributed by atoms with Gasteiger partial charge in [0.25, 0.3) is 0 Å². The number of methoxy groups -OCH3 is 2. The van der Waals surface area contributed by atoms with Crippen LogP contribution in [-0.4, -0.2) is 37.9 Å². The van der Waals surface area contributed by atoms with Gasteiger partial charge >= 0.3 is 6.18 Å². The van der Waals surface area contributed by atoms with E-state index in [0.717, 1.165) is 5.56 Å². The topological polar surface area (TPSA) is 69.7 Å². The molecule has 0 aliphatic carbocycles. The summed E-state index contributed by atoms with van der Waals surface area (Å²) in [6, 6.07) is 9.31. The number of alkyl halides is 3. The average molecular weight is 487 g/mol. The Balaban J connectivity index is 1.70. The van der Waals surface area contributed by atoms with Gasteiger partial charge in [-0.25, -0.2) is 4.98 Å². The molecule has 170 valence electrons. The number of anilines is 1. The number of nitrogens with zero attached hydrogens (tertiary/aromatic N) is 1. The molecule has 0 atom stereocenters. The predicted octanol–water partition coefficient (Wildman–Crippen LogP) is 5.60. The second kappa shape index (κ2) is 10.1. The van der Waals surface area contributed by atoms with E-state index in [-0.39, 0.29) is 22.9 Å². The number of amides is 1. The monoisotopic (exact) mass is 486 g/mol. The highest BCUT2D eigenvalue weighted by Gasteiger charge is 2.29. The Morgan fingerprint density at radius 2 is 1.81 bits per heavy atom. The summed E-state index contributed by atoms with van der Waals surface area (Å²) in [6.07, 6.45) is -4.60. The SMILES string of the molecule is COc1ccc(-c2nc(CC(=O)Nc3cc(Cl)ccc3OCC(F)(F)F)cs2)cc1OC. The Bertz CT molecular complexity index is 1100. The third-order valence-electron chi connectivity index (χ3n) is 4.13. The second-order valence-corrected chi connectivity index (χ2v) is 7.78. The largest absolute Gasteiger partial charge is 0.493 e. The fraction of sp³-hybridized carbons (Fsp3) is 0.238. The fourth-order valence-electron chi connectivity index (χ4n) is 2.73. The summed E-state index contributed by atoms with van der Waals surface area (Å²) in [6.45, 7) is -1.49. The first kappa shape index (κ1) is 23.7. The number of thiazole rings is 1. The van der Waals surface area contributed by atoms with Crippen LogP contribution in [0.25, 0.3) is 10.6 Å². The van der Waals surface area contributed by atoms with Crippen LogP contribution in [0, 0.1) is 0 Å². The first-order valence-electron chi connectivity index (χ1n) is 9.14. The number of hydrogen-bond acceptors (Lipinski definition) is 6. The van der Waals surface area contributed by atoms with E-state index in [1.54, 1.807) is 17.5 Å². The maximum atomic E-state index is 12.5. The number of halogens is 4. The Kier molecular flexibility index (Phi) is 7.47. The number of hydrogen-bond donors (Lipinski definition) is 1. The number of aromatic nitrogens is 1. The Morgan fingerprint density at radius 1 is 1.09 bits per heavy atom. The third-order valence-corrected chi connectivity index (χ3v) is 5.31. The van der Waals surface area contributed by atoms with E-state index in [0.29, 0.717) is 22.2 Å². The van der Waals surface area contributed by atoms with Crippen molar-refractivity contribution in [3.8, 4) is 27.8 Å². The van der Waals surface area contributed by atoms with Crippen molar-refractivity contribution in [2.24, 2.45) is 0 Å². The van der Waals surface area contributed by atoms with E-state index >= 15 is 0 Å². The van der Waals surface area contributed by atoms with Crippen LogP contribution in [0.15, 0.2) is 41.8 Å². The van der Waals surface area contributed by atoms with E-state index in [1.165, 1.54) is 43.8 Å². The molecule has 1 N–H and O–H groups in total. The molecule has 6 nitrogen and oxygen atoms in total. The normalized spacial score (nSPS) is 11.2. The smallest absolute Gasteiger partial charge is 0.422 e. The minimum absolute atomic E-state index is 0.0436. The lowest BCUT2D eigenvalue weighted by Gasteiger charge is -2.14. The summed E-state index contributed by atoms with van der Waals surface area (Å²) >= 11 is 7.25. The van der Waals surface area contributed by atoms with Crippen molar-refractivity contribution in [1.82, 2.24) is 4.98 Å². The second-order valence-electron chi connectivity index (χ2n) is 6.48. The number of carbonyl (C=O) groups is 1. The van der Waals surface area contributed by atoms with Crippen LogP contribution in [0.5, 0.6) is 17.2 Å². The molecule has 0 aliphatic heterocycles. The van der Waals surface area contributed by atoms with Gasteiger partial charge in [-0.3, -0.25) is 4.79 Å². The number of carbonyl (C=O) groups excluding carboxylic acids is 1. The summed E-state index contributed by atoms with van der Waals surface area (Å²) in [5.41, 5.74) is 1.33. The maximum Gasteiger partial charge on any atom is 0.422 e. The molecule has 1 heterocycles. The van der Waals surface area contributed by atoms with Gasteiger partial charge in [0.05, 0.1) is 32.0 Å². The zero-order valence-corrected chi connectivity index (χ0v) is 18.5. The van der Waals surface area contributed by atoms with E-state index in [1.807, 2.05) is 6.07 Å². The molecule has 2 aromatic carbocycles.